The Bertz CT molecular complexity index is 343. The Morgan fingerprint density at radius 3 is 2.18 bits per heavy atom. The molecule has 17 heavy (non-hydrogen) atoms. The predicted molar refractivity (Wildman–Crippen MR) is 74.9 cm³/mol. The van der Waals surface area contributed by atoms with E-state index < -0.39 is 0 Å². The summed E-state index contributed by atoms with van der Waals surface area (Å²) >= 11 is 0. The number of halogens is 1. The van der Waals surface area contributed by atoms with E-state index in [1.54, 1.807) is 0 Å². The van der Waals surface area contributed by atoms with Gasteiger partial charge in [-0.05, 0) is 12.0 Å². The third-order valence-corrected chi connectivity index (χ3v) is 2.59. The lowest BCUT2D eigenvalue weighted by atomic mass is 9.82. The van der Waals surface area contributed by atoms with Crippen LogP contribution in [0.1, 0.15) is 38.1 Å². The lowest BCUT2D eigenvalue weighted by Gasteiger charge is -2.30. The molecule has 0 radical (unpaired) electrons. The molecule has 1 unspecified atom stereocenters. The van der Waals surface area contributed by atoms with Crippen molar-refractivity contribution in [2.24, 2.45) is 5.41 Å². The molecule has 0 spiro atoms. The molecular formula is C14H22ClNO. The first-order valence-electron chi connectivity index (χ1n) is 5.79. The molecule has 1 atom stereocenters. The van der Waals surface area contributed by atoms with Gasteiger partial charge in [0.15, 0.2) is 5.78 Å². The van der Waals surface area contributed by atoms with Crippen LogP contribution < -0.4 is 5.32 Å². The van der Waals surface area contributed by atoms with Gasteiger partial charge >= 0.3 is 0 Å². The smallest absolute Gasteiger partial charge is 0.180 e. The van der Waals surface area contributed by atoms with Gasteiger partial charge in [-0.1, -0.05) is 58.0 Å². The summed E-state index contributed by atoms with van der Waals surface area (Å²) in [5, 5.41) is 3.27. The predicted octanol–water partition coefficient (Wildman–Crippen LogP) is 3.32. The zero-order valence-corrected chi connectivity index (χ0v) is 11.8. The summed E-state index contributed by atoms with van der Waals surface area (Å²) in [6, 6.07) is 9.35. The zero-order chi connectivity index (χ0) is 12.2. The van der Waals surface area contributed by atoms with Crippen LogP contribution in [0.5, 0.6) is 0 Å². The molecule has 1 N–H and O–H groups in total. The van der Waals surface area contributed by atoms with Crippen LogP contribution >= 0.6 is 12.4 Å². The van der Waals surface area contributed by atoms with E-state index in [4.69, 9.17) is 0 Å². The maximum absolute atomic E-state index is 12.3. The first-order valence-corrected chi connectivity index (χ1v) is 5.79. The Morgan fingerprint density at radius 1 is 1.24 bits per heavy atom. The summed E-state index contributed by atoms with van der Waals surface area (Å²) in [6.45, 7) is 9.08. The van der Waals surface area contributed by atoms with E-state index >= 15 is 0 Å². The lowest BCUT2D eigenvalue weighted by Crippen LogP contribution is -2.46. The van der Waals surface area contributed by atoms with Crippen LogP contribution in [0.3, 0.4) is 0 Å². The molecule has 0 heterocycles. The largest absolute Gasteiger partial charge is 0.307 e. The molecule has 0 saturated heterocycles. The Hall–Kier alpha value is -0.860. The minimum atomic E-state index is -0.125. The van der Waals surface area contributed by atoms with Crippen LogP contribution in [0.2, 0.25) is 0 Å². The molecule has 0 amide bonds. The van der Waals surface area contributed by atoms with Crippen LogP contribution in [0, 0.1) is 5.41 Å². The molecule has 0 bridgehead atoms. The number of ketones is 1. The van der Waals surface area contributed by atoms with Crippen molar-refractivity contribution >= 4 is 18.2 Å². The molecule has 2 nitrogen and oxygen atoms in total. The molecule has 1 rings (SSSR count). The van der Waals surface area contributed by atoms with Crippen LogP contribution in [0.15, 0.2) is 30.3 Å². The molecule has 0 aliphatic rings. The van der Waals surface area contributed by atoms with E-state index in [9.17, 15) is 4.79 Å². The van der Waals surface area contributed by atoms with Gasteiger partial charge in [0.2, 0.25) is 0 Å². The number of hydrogen-bond donors (Lipinski definition) is 1. The Balaban J connectivity index is 0.00000256. The van der Waals surface area contributed by atoms with Gasteiger partial charge in [0.25, 0.3) is 0 Å². The van der Waals surface area contributed by atoms with Crippen molar-refractivity contribution in [1.29, 1.82) is 0 Å². The fourth-order valence-corrected chi connectivity index (χ4v) is 1.77. The number of hydrogen-bond acceptors (Lipinski definition) is 2. The van der Waals surface area contributed by atoms with Gasteiger partial charge in [0.05, 0.1) is 6.04 Å². The van der Waals surface area contributed by atoms with Crippen LogP contribution in [-0.4, -0.2) is 18.4 Å². The van der Waals surface area contributed by atoms with Crippen molar-refractivity contribution in [2.75, 3.05) is 6.54 Å². The molecular weight excluding hydrogens is 234 g/mol. The Morgan fingerprint density at radius 2 is 1.76 bits per heavy atom. The quantitative estimate of drug-likeness (QED) is 0.837. The van der Waals surface area contributed by atoms with Crippen LogP contribution in [0.25, 0.3) is 0 Å². The van der Waals surface area contributed by atoms with Gasteiger partial charge < -0.3 is 5.32 Å². The molecule has 0 saturated carbocycles. The number of carbonyl (C=O) groups excluding carboxylic acids is 1. The number of carbonyl (C=O) groups is 1. The fraction of sp³-hybridized carbons (Fsp3) is 0.500. The molecule has 0 aromatic heterocycles. The van der Waals surface area contributed by atoms with Crippen molar-refractivity contribution in [2.45, 2.75) is 33.7 Å². The van der Waals surface area contributed by atoms with Crippen LogP contribution in [0.4, 0.5) is 0 Å². The Labute approximate surface area is 110 Å². The highest BCUT2D eigenvalue weighted by molar-refractivity contribution is 6.00. The molecule has 1 aromatic rings. The average molecular weight is 256 g/mol. The second-order valence-corrected chi connectivity index (χ2v) is 5.09. The lowest BCUT2D eigenvalue weighted by molar-refractivity contribution is 0.0868. The van der Waals surface area contributed by atoms with Gasteiger partial charge in [-0.25, -0.2) is 0 Å². The Kier molecular flexibility index (Phi) is 6.43. The van der Waals surface area contributed by atoms with Gasteiger partial charge in [0.1, 0.15) is 0 Å². The molecule has 96 valence electrons. The van der Waals surface area contributed by atoms with Crippen molar-refractivity contribution < 1.29 is 4.79 Å². The maximum atomic E-state index is 12.3. The summed E-state index contributed by atoms with van der Waals surface area (Å²) in [5.41, 5.74) is 0.714. The normalized spacial score (nSPS) is 12.7. The monoisotopic (exact) mass is 255 g/mol. The molecule has 0 aliphatic carbocycles. The zero-order valence-electron chi connectivity index (χ0n) is 11.0. The van der Waals surface area contributed by atoms with Crippen molar-refractivity contribution in [3.8, 4) is 0 Å². The van der Waals surface area contributed by atoms with Crippen LogP contribution in [-0.2, 0) is 0 Å². The van der Waals surface area contributed by atoms with E-state index in [1.807, 2.05) is 37.3 Å². The third kappa shape index (κ3) is 4.49. The minimum absolute atomic E-state index is 0. The third-order valence-electron chi connectivity index (χ3n) is 2.59. The van der Waals surface area contributed by atoms with Gasteiger partial charge in [0, 0.05) is 5.56 Å². The summed E-state index contributed by atoms with van der Waals surface area (Å²) in [7, 11) is 0. The van der Waals surface area contributed by atoms with Gasteiger partial charge in [-0.15, -0.1) is 12.4 Å². The first-order chi connectivity index (χ1) is 7.46. The molecule has 0 fully saturated rings. The summed E-state index contributed by atoms with van der Waals surface area (Å²) < 4.78 is 0. The highest BCUT2D eigenvalue weighted by atomic mass is 35.5. The second-order valence-electron chi connectivity index (χ2n) is 5.09. The highest BCUT2D eigenvalue weighted by Gasteiger charge is 2.30. The summed E-state index contributed by atoms with van der Waals surface area (Å²) in [6.07, 6.45) is 0. The summed E-state index contributed by atoms with van der Waals surface area (Å²) in [5.74, 6) is 0.176. The number of nitrogens with one attached hydrogen (secondary N) is 1. The van der Waals surface area contributed by atoms with E-state index in [0.29, 0.717) is 0 Å². The average Bonchev–Trinajstić information content (AvgIpc) is 2.25. The van der Waals surface area contributed by atoms with E-state index in [0.717, 1.165) is 12.1 Å². The van der Waals surface area contributed by atoms with Crippen molar-refractivity contribution in [3.05, 3.63) is 35.9 Å². The van der Waals surface area contributed by atoms with E-state index in [2.05, 4.69) is 26.1 Å². The highest BCUT2D eigenvalue weighted by Crippen LogP contribution is 2.22. The van der Waals surface area contributed by atoms with Crippen molar-refractivity contribution in [3.63, 3.8) is 0 Å². The first kappa shape index (κ1) is 16.1. The van der Waals surface area contributed by atoms with Gasteiger partial charge in [-0.3, -0.25) is 4.79 Å². The number of likely N-dealkylation sites (N-methyl/N-ethyl adjacent to an activating group) is 1. The number of rotatable bonds is 4. The number of Topliss-reactive ketones (excluding diaryl/α,β-unsaturated/α-hetero) is 1. The molecule has 1 aromatic carbocycles. The second kappa shape index (κ2) is 6.77. The summed E-state index contributed by atoms with van der Waals surface area (Å²) in [4.78, 5) is 12.3. The maximum Gasteiger partial charge on any atom is 0.180 e. The molecule has 3 heteroatoms. The minimum Gasteiger partial charge on any atom is -0.307 e. The molecule has 0 aliphatic heterocycles. The number of benzene rings is 1. The van der Waals surface area contributed by atoms with Gasteiger partial charge in [-0.2, -0.15) is 0 Å². The topological polar surface area (TPSA) is 29.1 Å². The van der Waals surface area contributed by atoms with E-state index in [-0.39, 0.29) is 29.6 Å². The fourth-order valence-electron chi connectivity index (χ4n) is 1.77. The van der Waals surface area contributed by atoms with Crippen molar-refractivity contribution in [1.82, 2.24) is 5.32 Å². The van der Waals surface area contributed by atoms with E-state index in [1.165, 1.54) is 0 Å². The standard InChI is InChI=1S/C14H21NO.ClH/c1-5-15-13(14(2,3)4)12(16)11-9-7-6-8-10-11;/h6-10,13,15H,5H2,1-4H3;1H. The SMILES string of the molecule is CCNC(C(=O)c1ccccc1)C(C)(C)C.Cl.